The maximum Gasteiger partial charge on any atom is 0.250 e. The van der Waals surface area contributed by atoms with Gasteiger partial charge in [-0.05, 0) is 40.6 Å². The second-order valence-corrected chi connectivity index (χ2v) is 8.43. The largest absolute Gasteiger partial charge is 0.394 e. The Hall–Kier alpha value is -2.48. The van der Waals surface area contributed by atoms with Crippen LogP contribution in [-0.4, -0.2) is 64.2 Å². The number of nitriles is 1. The summed E-state index contributed by atoms with van der Waals surface area (Å²) in [4.78, 5) is 1.79. The van der Waals surface area contributed by atoms with Crippen LogP contribution >= 0.6 is 0 Å². The lowest BCUT2D eigenvalue weighted by Crippen LogP contribution is -2.36. The van der Waals surface area contributed by atoms with Gasteiger partial charge in [-0.3, -0.25) is 0 Å². The summed E-state index contributed by atoms with van der Waals surface area (Å²) in [5, 5.41) is 29.3. The molecule has 2 aromatic rings. The lowest BCUT2D eigenvalue weighted by Gasteiger charge is -2.29. The average Bonchev–Trinajstić information content (AvgIpc) is 2.75. The third-order valence-electron chi connectivity index (χ3n) is 4.64. The van der Waals surface area contributed by atoms with E-state index in [0.29, 0.717) is 18.8 Å². The second kappa shape index (κ2) is 9.35. The lowest BCUT2D eigenvalue weighted by molar-refractivity contribution is 0.0989. The molecule has 0 amide bonds. The van der Waals surface area contributed by atoms with E-state index in [-0.39, 0.29) is 6.54 Å². The Labute approximate surface area is 169 Å². The number of allylic oxidation sites excluding steroid dienone is 1. The summed E-state index contributed by atoms with van der Waals surface area (Å²) >= 11 is 0. The number of fused-ring (bicyclic) bond motifs is 1. The van der Waals surface area contributed by atoms with Crippen molar-refractivity contribution in [2.75, 3.05) is 44.4 Å². The molecule has 1 aliphatic rings. The molecule has 154 valence electrons. The highest BCUT2D eigenvalue weighted by molar-refractivity contribution is 7.93. The van der Waals surface area contributed by atoms with E-state index in [4.69, 9.17) is 9.84 Å². The molecule has 1 unspecified atom stereocenters. The van der Waals surface area contributed by atoms with Crippen molar-refractivity contribution in [3.05, 3.63) is 46.9 Å². The Balaban J connectivity index is 1.84. The summed E-state index contributed by atoms with van der Waals surface area (Å²) in [5.74, 6) is 0. The van der Waals surface area contributed by atoms with Crippen molar-refractivity contribution in [2.24, 2.45) is 0 Å². The summed E-state index contributed by atoms with van der Waals surface area (Å²) in [6.07, 6.45) is 0.0502. The number of hydrogen-bond donors (Lipinski definition) is 3. The fourth-order valence-corrected chi connectivity index (χ4v) is 4.01. The van der Waals surface area contributed by atoms with Crippen molar-refractivity contribution in [3.8, 4) is 6.07 Å². The van der Waals surface area contributed by atoms with E-state index in [9.17, 15) is 18.8 Å². The first-order valence-corrected chi connectivity index (χ1v) is 10.7. The normalized spacial score (nSPS) is 16.6. The van der Waals surface area contributed by atoms with Crippen molar-refractivity contribution in [1.29, 1.82) is 5.26 Å². The zero-order chi connectivity index (χ0) is 20.9. The SMILES string of the molecule is N#C/C(=C\c1ccc2cc(N3CCOCC3)ccc2c1)S(=O)(=O)NCC(O)CO. The number of rotatable bonds is 7. The molecule has 29 heavy (non-hydrogen) atoms. The van der Waals surface area contributed by atoms with Crippen LogP contribution in [0, 0.1) is 11.3 Å². The molecule has 0 aliphatic carbocycles. The Bertz CT molecular complexity index is 1040. The zero-order valence-electron chi connectivity index (χ0n) is 15.8. The van der Waals surface area contributed by atoms with Crippen LogP contribution in [-0.2, 0) is 14.8 Å². The monoisotopic (exact) mass is 417 g/mol. The quantitative estimate of drug-likeness (QED) is 0.570. The van der Waals surface area contributed by atoms with Gasteiger partial charge in [0.25, 0.3) is 10.0 Å². The van der Waals surface area contributed by atoms with Crippen LogP contribution in [0.1, 0.15) is 5.56 Å². The summed E-state index contributed by atoms with van der Waals surface area (Å²) in [5.41, 5.74) is 1.68. The predicted molar refractivity (Wildman–Crippen MR) is 111 cm³/mol. The molecule has 0 radical (unpaired) electrons. The first-order chi connectivity index (χ1) is 13.9. The van der Waals surface area contributed by atoms with E-state index in [2.05, 4.69) is 15.7 Å². The van der Waals surface area contributed by atoms with E-state index in [1.165, 1.54) is 6.08 Å². The minimum absolute atomic E-state index is 0.375. The van der Waals surface area contributed by atoms with Crippen molar-refractivity contribution in [3.63, 3.8) is 0 Å². The number of sulfonamides is 1. The number of aliphatic hydroxyl groups is 2. The number of anilines is 1. The summed E-state index contributed by atoms with van der Waals surface area (Å²) in [6.45, 7) is 2.14. The molecule has 0 bridgehead atoms. The number of nitrogens with zero attached hydrogens (tertiary/aromatic N) is 2. The third kappa shape index (κ3) is 5.32. The van der Waals surface area contributed by atoms with Gasteiger partial charge in [0, 0.05) is 25.3 Å². The Morgan fingerprint density at radius 1 is 1.24 bits per heavy atom. The molecule has 1 atom stereocenters. The second-order valence-electron chi connectivity index (χ2n) is 6.70. The molecule has 0 aromatic heterocycles. The van der Waals surface area contributed by atoms with E-state index in [1.807, 2.05) is 24.3 Å². The Kier molecular flexibility index (Phi) is 6.84. The topological polar surface area (TPSA) is 123 Å². The molecule has 0 spiro atoms. The van der Waals surface area contributed by atoms with Crippen LogP contribution < -0.4 is 9.62 Å². The first-order valence-electron chi connectivity index (χ1n) is 9.20. The van der Waals surface area contributed by atoms with Crippen molar-refractivity contribution >= 4 is 32.6 Å². The number of nitrogens with one attached hydrogen (secondary N) is 1. The highest BCUT2D eigenvalue weighted by Gasteiger charge is 2.19. The Morgan fingerprint density at radius 3 is 2.62 bits per heavy atom. The number of ether oxygens (including phenoxy) is 1. The molecule has 0 saturated carbocycles. The summed E-state index contributed by atoms with van der Waals surface area (Å²) in [6, 6.07) is 13.2. The van der Waals surface area contributed by atoms with Crippen LogP contribution in [0.4, 0.5) is 5.69 Å². The number of aliphatic hydroxyl groups excluding tert-OH is 2. The fourth-order valence-electron chi connectivity index (χ4n) is 3.03. The van der Waals surface area contributed by atoms with Gasteiger partial charge < -0.3 is 19.8 Å². The van der Waals surface area contributed by atoms with Gasteiger partial charge in [0.15, 0.2) is 4.91 Å². The molecule has 3 rings (SSSR count). The fraction of sp³-hybridized carbons (Fsp3) is 0.350. The smallest absolute Gasteiger partial charge is 0.250 e. The van der Waals surface area contributed by atoms with Crippen LogP contribution in [0.5, 0.6) is 0 Å². The van der Waals surface area contributed by atoms with Gasteiger partial charge in [0.2, 0.25) is 0 Å². The summed E-state index contributed by atoms with van der Waals surface area (Å²) < 4.78 is 32.0. The molecule has 1 saturated heterocycles. The maximum absolute atomic E-state index is 12.3. The molecule has 3 N–H and O–H groups in total. The highest BCUT2D eigenvalue weighted by atomic mass is 32.2. The average molecular weight is 417 g/mol. The van der Waals surface area contributed by atoms with Gasteiger partial charge in [0.1, 0.15) is 6.07 Å². The van der Waals surface area contributed by atoms with Crippen LogP contribution in [0.25, 0.3) is 16.8 Å². The molecule has 1 aliphatic heterocycles. The molecule has 8 nitrogen and oxygen atoms in total. The maximum atomic E-state index is 12.3. The van der Waals surface area contributed by atoms with Gasteiger partial charge in [-0.25, -0.2) is 13.1 Å². The lowest BCUT2D eigenvalue weighted by atomic mass is 10.1. The molecule has 9 heteroatoms. The van der Waals surface area contributed by atoms with Gasteiger partial charge in [-0.2, -0.15) is 5.26 Å². The molecule has 1 fully saturated rings. The summed E-state index contributed by atoms with van der Waals surface area (Å²) in [7, 11) is -4.09. The van der Waals surface area contributed by atoms with Crippen LogP contribution in [0.15, 0.2) is 41.3 Å². The van der Waals surface area contributed by atoms with Gasteiger partial charge in [-0.1, -0.05) is 18.2 Å². The number of hydrogen-bond acceptors (Lipinski definition) is 7. The van der Waals surface area contributed by atoms with Crippen LogP contribution in [0.3, 0.4) is 0 Å². The van der Waals surface area contributed by atoms with Crippen molar-refractivity contribution < 1.29 is 23.4 Å². The van der Waals surface area contributed by atoms with E-state index in [1.54, 1.807) is 12.1 Å². The van der Waals surface area contributed by atoms with Gasteiger partial charge in [-0.15, -0.1) is 0 Å². The number of benzene rings is 2. The minimum Gasteiger partial charge on any atom is -0.394 e. The molecule has 2 aromatic carbocycles. The van der Waals surface area contributed by atoms with Crippen molar-refractivity contribution in [2.45, 2.75) is 6.10 Å². The van der Waals surface area contributed by atoms with E-state index in [0.717, 1.165) is 29.5 Å². The molecular weight excluding hydrogens is 394 g/mol. The van der Waals surface area contributed by atoms with Gasteiger partial charge in [0.05, 0.1) is 25.9 Å². The first kappa shape index (κ1) is 21.2. The minimum atomic E-state index is -4.09. The highest BCUT2D eigenvalue weighted by Crippen LogP contribution is 2.25. The van der Waals surface area contributed by atoms with E-state index >= 15 is 0 Å². The zero-order valence-corrected chi connectivity index (χ0v) is 16.6. The molecule has 1 heterocycles. The standard InChI is InChI=1S/C20H23N3O5S/c21-12-20(29(26,27)22-13-19(25)14-24)10-15-1-2-17-11-18(4-3-16(17)9-15)23-5-7-28-8-6-23/h1-4,9-11,19,22,24-25H,5-8,13-14H2/b20-10+. The Morgan fingerprint density at radius 2 is 1.93 bits per heavy atom. The van der Waals surface area contributed by atoms with Gasteiger partial charge >= 0.3 is 0 Å². The molecular formula is C20H23N3O5S. The van der Waals surface area contributed by atoms with E-state index < -0.39 is 27.6 Å². The number of morpholine rings is 1. The van der Waals surface area contributed by atoms with Crippen LogP contribution in [0.2, 0.25) is 0 Å². The van der Waals surface area contributed by atoms with Crippen molar-refractivity contribution in [1.82, 2.24) is 4.72 Å². The predicted octanol–water partition coefficient (Wildman–Crippen LogP) is 0.813. The third-order valence-corrected chi connectivity index (χ3v) is 5.98.